The van der Waals surface area contributed by atoms with Gasteiger partial charge in [0, 0.05) is 0 Å². The molecule has 0 bridgehead atoms. The third-order valence-electron chi connectivity index (χ3n) is 1.37. The van der Waals surface area contributed by atoms with Crippen LogP contribution in [0.1, 0.15) is 20.8 Å². The molecule has 0 unspecified atom stereocenters. The number of rotatable bonds is 1. The van der Waals surface area contributed by atoms with Crippen molar-refractivity contribution in [3.05, 3.63) is 0 Å². The van der Waals surface area contributed by atoms with Crippen molar-refractivity contribution < 1.29 is 0 Å². The molecule has 0 rings (SSSR count). The van der Waals surface area contributed by atoms with E-state index in [1.165, 1.54) is 5.46 Å². The van der Waals surface area contributed by atoms with Crippen LogP contribution >= 0.6 is 0 Å². The molecule has 0 amide bonds. The molecule has 0 nitrogen and oxygen atoms in total. The quantitative estimate of drug-likeness (QED) is 0.435. The van der Waals surface area contributed by atoms with Crippen LogP contribution in [0.15, 0.2) is 0 Å². The van der Waals surface area contributed by atoms with Gasteiger partial charge in [-0.1, -0.05) is 0 Å². The van der Waals surface area contributed by atoms with E-state index in [0.717, 1.165) is 5.92 Å². The Hall–Kier alpha value is -0.0651. The molecular formula is C6H13B. The molecule has 7 heavy (non-hydrogen) atoms. The van der Waals surface area contributed by atoms with Gasteiger partial charge < -0.3 is 0 Å². The molecule has 0 radical (unpaired) electrons. The molecule has 0 fully saturated rings. The van der Waals surface area contributed by atoms with Gasteiger partial charge in [-0.15, -0.1) is 0 Å². The Labute approximate surface area is 46.8 Å². The van der Waals surface area contributed by atoms with Crippen LogP contribution in [0.4, 0.5) is 0 Å². The molecule has 0 heterocycles. The number of hydrogen-bond acceptors (Lipinski definition) is 0. The summed E-state index contributed by atoms with van der Waals surface area (Å²) >= 11 is 0. The van der Waals surface area contributed by atoms with E-state index >= 15 is 0 Å². The summed E-state index contributed by atoms with van der Waals surface area (Å²) in [5.74, 6) is 0.727. The molecule has 0 aromatic heterocycles. The molecular weight excluding hydrogens is 82.9 g/mol. The van der Waals surface area contributed by atoms with E-state index in [4.69, 9.17) is 0 Å². The second kappa shape index (κ2) is 3.01. The monoisotopic (exact) mass is 96.1 g/mol. The molecule has 0 aliphatic heterocycles. The van der Waals surface area contributed by atoms with Crippen molar-refractivity contribution in [1.82, 2.24) is 0 Å². The number of hydrogen-bond donors (Lipinski definition) is 0. The summed E-state index contributed by atoms with van der Waals surface area (Å²) in [6.45, 7) is 10.8. The zero-order chi connectivity index (χ0) is 5.86. The fourth-order valence-electron chi connectivity index (χ4n) is 0.333. The predicted octanol–water partition coefficient (Wildman–Crippen LogP) is 1.59. The second-order valence-electron chi connectivity index (χ2n) is 2.19. The van der Waals surface area contributed by atoms with Crippen LogP contribution in [0.3, 0.4) is 0 Å². The van der Waals surface area contributed by atoms with Crippen LogP contribution in [0.25, 0.3) is 0 Å². The van der Waals surface area contributed by atoms with E-state index in [-0.39, 0.29) is 0 Å². The molecule has 0 saturated carbocycles. The summed E-state index contributed by atoms with van der Waals surface area (Å²) in [5, 5.41) is 0. The molecule has 1 heteroatoms. The molecule has 40 valence electrons. The van der Waals surface area contributed by atoms with Crippen molar-refractivity contribution in [2.75, 3.05) is 0 Å². The van der Waals surface area contributed by atoms with Crippen LogP contribution in [-0.2, 0) is 0 Å². The Morgan fingerprint density at radius 2 is 1.86 bits per heavy atom. The van der Waals surface area contributed by atoms with E-state index in [2.05, 4.69) is 34.5 Å². The van der Waals surface area contributed by atoms with Gasteiger partial charge in [0.05, 0.1) is 0 Å². The van der Waals surface area contributed by atoms with Gasteiger partial charge in [-0.05, 0) is 0 Å². The SMILES string of the molecule is CB=C(C)C(C)C. The van der Waals surface area contributed by atoms with Crippen LogP contribution < -0.4 is 0 Å². The molecule has 0 aliphatic carbocycles. The minimum absolute atomic E-state index is 0.727. The summed E-state index contributed by atoms with van der Waals surface area (Å²) in [6.07, 6.45) is 0. The van der Waals surface area contributed by atoms with Gasteiger partial charge in [0.15, 0.2) is 0 Å². The van der Waals surface area contributed by atoms with Gasteiger partial charge in [-0.2, -0.15) is 0 Å². The summed E-state index contributed by atoms with van der Waals surface area (Å²) < 4.78 is 0. The van der Waals surface area contributed by atoms with E-state index in [1.807, 2.05) is 0 Å². The first-order chi connectivity index (χ1) is 3.18. The Balaban J connectivity index is 3.56. The second-order valence-corrected chi connectivity index (χ2v) is 2.19. The summed E-state index contributed by atoms with van der Waals surface area (Å²) in [5.41, 5.74) is 1.47. The first-order valence-electron chi connectivity index (χ1n) is 2.81. The van der Waals surface area contributed by atoms with Crippen LogP contribution in [0.5, 0.6) is 0 Å². The van der Waals surface area contributed by atoms with Crippen molar-refractivity contribution in [1.29, 1.82) is 0 Å². The fourth-order valence-corrected chi connectivity index (χ4v) is 0.333. The zero-order valence-electron chi connectivity index (χ0n) is 5.65. The molecule has 0 aromatic rings. The van der Waals surface area contributed by atoms with E-state index < -0.39 is 0 Å². The molecule has 0 saturated heterocycles. The van der Waals surface area contributed by atoms with Crippen molar-refractivity contribution in [2.24, 2.45) is 5.92 Å². The predicted molar refractivity (Wildman–Crippen MR) is 37.1 cm³/mol. The van der Waals surface area contributed by atoms with E-state index in [1.54, 1.807) is 0 Å². The van der Waals surface area contributed by atoms with E-state index in [9.17, 15) is 0 Å². The molecule has 0 aliphatic rings. The Bertz CT molecular complexity index is 72.2. The minimum atomic E-state index is 0.727. The van der Waals surface area contributed by atoms with Gasteiger partial charge in [-0.25, -0.2) is 0 Å². The third-order valence-corrected chi connectivity index (χ3v) is 1.37. The topological polar surface area (TPSA) is 0 Å². The summed E-state index contributed by atoms with van der Waals surface area (Å²) in [6, 6.07) is 0. The van der Waals surface area contributed by atoms with Crippen LogP contribution in [0, 0.1) is 5.92 Å². The van der Waals surface area contributed by atoms with Gasteiger partial charge in [0.25, 0.3) is 0 Å². The average molecular weight is 96.0 g/mol. The molecule has 0 atom stereocenters. The molecule has 0 spiro atoms. The maximum atomic E-state index is 2.20. The average Bonchev–Trinajstić information content (AvgIpc) is 1.65. The van der Waals surface area contributed by atoms with Gasteiger partial charge in [0.2, 0.25) is 0 Å². The first kappa shape index (κ1) is 6.93. The van der Waals surface area contributed by atoms with Gasteiger partial charge in [0.1, 0.15) is 0 Å². The first-order valence-corrected chi connectivity index (χ1v) is 2.81. The maximum absolute atomic E-state index is 2.20. The Morgan fingerprint density at radius 3 is 1.86 bits per heavy atom. The zero-order valence-corrected chi connectivity index (χ0v) is 5.65. The normalized spacial score (nSPS) is 11.9. The summed E-state index contributed by atoms with van der Waals surface area (Å²) in [7, 11) is 0. The van der Waals surface area contributed by atoms with Gasteiger partial charge >= 0.3 is 45.9 Å². The Morgan fingerprint density at radius 1 is 1.43 bits per heavy atom. The molecule has 0 N–H and O–H groups in total. The standard InChI is InChI=1S/C6H13B/c1-5(2)6(3)7-4/h5H,1-4H3. The molecule has 0 aromatic carbocycles. The van der Waals surface area contributed by atoms with E-state index in [0.29, 0.717) is 0 Å². The van der Waals surface area contributed by atoms with Crippen LogP contribution in [0.2, 0.25) is 6.82 Å². The van der Waals surface area contributed by atoms with Crippen LogP contribution in [-0.4, -0.2) is 12.4 Å². The van der Waals surface area contributed by atoms with Gasteiger partial charge in [-0.3, -0.25) is 0 Å². The summed E-state index contributed by atoms with van der Waals surface area (Å²) in [4.78, 5) is 0. The van der Waals surface area contributed by atoms with Crippen molar-refractivity contribution in [2.45, 2.75) is 27.6 Å². The third kappa shape index (κ3) is 2.61. The Kier molecular flexibility index (Phi) is 2.98. The van der Waals surface area contributed by atoms with Crippen molar-refractivity contribution in [3.8, 4) is 0 Å². The fraction of sp³-hybridized carbons (Fsp3) is 0.833. The van der Waals surface area contributed by atoms with Crippen molar-refractivity contribution in [3.63, 3.8) is 0 Å². The van der Waals surface area contributed by atoms with Crippen molar-refractivity contribution >= 4 is 12.4 Å².